The van der Waals surface area contributed by atoms with E-state index in [1.54, 1.807) is 0 Å². The van der Waals surface area contributed by atoms with E-state index in [0.717, 1.165) is 19.9 Å². The van der Waals surface area contributed by atoms with Gasteiger partial charge >= 0.3 is 0 Å². The first kappa shape index (κ1) is 13.9. The van der Waals surface area contributed by atoms with Gasteiger partial charge in [-0.05, 0) is 36.2 Å². The van der Waals surface area contributed by atoms with Crippen molar-refractivity contribution in [2.24, 2.45) is 0 Å². The lowest BCUT2D eigenvalue weighted by Gasteiger charge is -2.11. The van der Waals surface area contributed by atoms with Crippen LogP contribution in [0.3, 0.4) is 0 Å². The van der Waals surface area contributed by atoms with Crippen LogP contribution in [0.4, 0.5) is 0 Å². The molecule has 17 heavy (non-hydrogen) atoms. The minimum atomic E-state index is 0.0648. The first-order chi connectivity index (χ1) is 7.97. The van der Waals surface area contributed by atoms with E-state index in [1.807, 2.05) is 6.07 Å². The Morgan fingerprint density at radius 2 is 1.88 bits per heavy atom. The molecule has 0 aliphatic carbocycles. The highest BCUT2D eigenvalue weighted by molar-refractivity contribution is 9.10. The third-order valence-electron chi connectivity index (χ3n) is 2.31. The summed E-state index contributed by atoms with van der Waals surface area (Å²) in [6.45, 7) is 2.07. The highest BCUT2D eigenvalue weighted by Crippen LogP contribution is 2.42. The van der Waals surface area contributed by atoms with Crippen molar-refractivity contribution in [2.45, 2.75) is 11.8 Å². The predicted molar refractivity (Wildman–Crippen MR) is 84.0 cm³/mol. The molecule has 0 amide bonds. The van der Waals surface area contributed by atoms with Gasteiger partial charge in [0.25, 0.3) is 0 Å². The third kappa shape index (κ3) is 3.27. The molecule has 1 aromatic heterocycles. The third-order valence-corrected chi connectivity index (χ3v) is 5.31. The van der Waals surface area contributed by atoms with Gasteiger partial charge in [-0.2, -0.15) is 0 Å². The lowest BCUT2D eigenvalue weighted by molar-refractivity contribution is 1.18. The topological polar surface area (TPSA) is 0 Å². The fraction of sp³-hybridized carbons (Fsp3) is 0.167. The average molecular weight is 415 g/mol. The Kier molecular flexibility index (Phi) is 4.59. The Bertz CT molecular complexity index is 531. The van der Waals surface area contributed by atoms with E-state index in [2.05, 4.69) is 57.0 Å². The van der Waals surface area contributed by atoms with Crippen LogP contribution in [0.2, 0.25) is 8.67 Å². The molecule has 2 aromatic rings. The van der Waals surface area contributed by atoms with Crippen molar-refractivity contribution in [3.8, 4) is 0 Å². The summed E-state index contributed by atoms with van der Waals surface area (Å²) in [5, 5.41) is 0. The Hall–Kier alpha value is 0.460. The maximum absolute atomic E-state index is 6.16. The van der Waals surface area contributed by atoms with E-state index in [0.29, 0.717) is 4.34 Å². The van der Waals surface area contributed by atoms with Gasteiger partial charge in [0.05, 0.1) is 13.5 Å². The molecule has 1 atom stereocenters. The van der Waals surface area contributed by atoms with Gasteiger partial charge in [0, 0.05) is 10.0 Å². The van der Waals surface area contributed by atoms with Gasteiger partial charge in [-0.15, -0.1) is 11.3 Å². The van der Waals surface area contributed by atoms with Crippen molar-refractivity contribution in [1.29, 1.82) is 0 Å². The van der Waals surface area contributed by atoms with E-state index in [-0.39, 0.29) is 4.83 Å². The minimum Gasteiger partial charge on any atom is -0.111 e. The summed E-state index contributed by atoms with van der Waals surface area (Å²) in [5.74, 6) is 0. The monoisotopic (exact) mass is 412 g/mol. The summed E-state index contributed by atoms with van der Waals surface area (Å²) < 4.78 is 2.50. The average Bonchev–Trinajstić information content (AvgIpc) is 2.55. The molecule has 0 saturated heterocycles. The van der Waals surface area contributed by atoms with Crippen LogP contribution in [0.1, 0.15) is 21.5 Å². The van der Waals surface area contributed by atoms with Crippen LogP contribution < -0.4 is 0 Å². The van der Waals surface area contributed by atoms with E-state index >= 15 is 0 Å². The van der Waals surface area contributed by atoms with Gasteiger partial charge in [-0.1, -0.05) is 61.1 Å². The molecule has 0 nitrogen and oxygen atoms in total. The molecule has 1 heterocycles. The SMILES string of the molecule is Cc1cc(Br)cc(C(Br)c2cc(Cl)sc2Cl)c1. The number of aryl methyl sites for hydroxylation is 1. The molecule has 1 unspecified atom stereocenters. The maximum atomic E-state index is 6.16. The molecule has 0 spiro atoms. The largest absolute Gasteiger partial charge is 0.111 e. The van der Waals surface area contributed by atoms with Crippen molar-refractivity contribution in [3.05, 3.63) is 54.1 Å². The summed E-state index contributed by atoms with van der Waals surface area (Å²) in [6.07, 6.45) is 0. The first-order valence-corrected chi connectivity index (χ1v) is 8.11. The molecule has 0 saturated carbocycles. The zero-order chi connectivity index (χ0) is 12.6. The van der Waals surface area contributed by atoms with Crippen LogP contribution in [0, 0.1) is 6.92 Å². The zero-order valence-electron chi connectivity index (χ0n) is 8.81. The van der Waals surface area contributed by atoms with Gasteiger partial charge in [-0.25, -0.2) is 0 Å². The fourth-order valence-corrected chi connectivity index (χ4v) is 4.68. The molecule has 1 aromatic carbocycles. The number of benzene rings is 1. The van der Waals surface area contributed by atoms with Gasteiger partial charge < -0.3 is 0 Å². The van der Waals surface area contributed by atoms with Gasteiger partial charge in [-0.3, -0.25) is 0 Å². The Morgan fingerprint density at radius 3 is 2.41 bits per heavy atom. The predicted octanol–water partition coefficient (Wildman–Crippen LogP) is 6.61. The van der Waals surface area contributed by atoms with E-state index < -0.39 is 0 Å². The molecule has 0 aliphatic rings. The smallest absolute Gasteiger partial charge is 0.0990 e. The van der Waals surface area contributed by atoms with Crippen molar-refractivity contribution < 1.29 is 0 Å². The van der Waals surface area contributed by atoms with Crippen LogP contribution in [-0.2, 0) is 0 Å². The second-order valence-corrected chi connectivity index (χ2v) is 7.82. The normalized spacial score (nSPS) is 12.8. The molecular formula is C12H8Br2Cl2S. The molecule has 0 N–H and O–H groups in total. The van der Waals surface area contributed by atoms with Crippen LogP contribution in [-0.4, -0.2) is 0 Å². The number of hydrogen-bond acceptors (Lipinski definition) is 1. The summed E-state index contributed by atoms with van der Waals surface area (Å²) in [6, 6.07) is 8.19. The number of alkyl halides is 1. The number of hydrogen-bond donors (Lipinski definition) is 0. The highest BCUT2D eigenvalue weighted by atomic mass is 79.9. The molecule has 0 bridgehead atoms. The van der Waals surface area contributed by atoms with Crippen molar-refractivity contribution in [2.75, 3.05) is 0 Å². The Morgan fingerprint density at radius 1 is 1.18 bits per heavy atom. The molecule has 0 radical (unpaired) electrons. The Balaban J connectivity index is 2.43. The quantitative estimate of drug-likeness (QED) is 0.485. The van der Waals surface area contributed by atoms with E-state index in [1.165, 1.54) is 16.9 Å². The van der Waals surface area contributed by atoms with Crippen LogP contribution in [0.5, 0.6) is 0 Å². The summed E-state index contributed by atoms with van der Waals surface area (Å²) in [5.41, 5.74) is 3.38. The van der Waals surface area contributed by atoms with Crippen LogP contribution in [0.25, 0.3) is 0 Å². The second kappa shape index (κ2) is 5.62. The van der Waals surface area contributed by atoms with Crippen molar-refractivity contribution >= 4 is 66.4 Å². The lowest BCUT2D eigenvalue weighted by atomic mass is 10.1. The molecular weight excluding hydrogens is 407 g/mol. The summed E-state index contributed by atoms with van der Waals surface area (Å²) >= 11 is 20.7. The van der Waals surface area contributed by atoms with E-state index in [4.69, 9.17) is 23.2 Å². The molecule has 90 valence electrons. The van der Waals surface area contributed by atoms with E-state index in [9.17, 15) is 0 Å². The fourth-order valence-electron chi connectivity index (χ4n) is 1.62. The van der Waals surface area contributed by atoms with Gasteiger partial charge in [0.15, 0.2) is 0 Å². The second-order valence-electron chi connectivity index (χ2n) is 3.70. The number of thiophene rings is 1. The molecule has 0 aliphatic heterocycles. The molecule has 2 rings (SSSR count). The van der Waals surface area contributed by atoms with Gasteiger partial charge in [0.1, 0.15) is 0 Å². The van der Waals surface area contributed by atoms with Gasteiger partial charge in [0.2, 0.25) is 0 Å². The Labute approximate surface area is 131 Å². The van der Waals surface area contributed by atoms with Crippen LogP contribution in [0.15, 0.2) is 28.7 Å². The highest BCUT2D eigenvalue weighted by Gasteiger charge is 2.17. The summed E-state index contributed by atoms with van der Waals surface area (Å²) in [4.78, 5) is 0.0648. The number of halogens is 4. The molecule has 5 heteroatoms. The zero-order valence-corrected chi connectivity index (χ0v) is 14.3. The maximum Gasteiger partial charge on any atom is 0.0990 e. The number of rotatable bonds is 2. The van der Waals surface area contributed by atoms with Crippen molar-refractivity contribution in [3.63, 3.8) is 0 Å². The summed E-state index contributed by atoms with van der Waals surface area (Å²) in [7, 11) is 0. The van der Waals surface area contributed by atoms with Crippen LogP contribution >= 0.6 is 66.4 Å². The first-order valence-electron chi connectivity index (χ1n) is 4.83. The standard InChI is InChI=1S/C12H8Br2Cl2S/c1-6-2-7(4-8(13)3-6)11(14)9-5-10(15)17-12(9)16/h2-5,11H,1H3. The van der Waals surface area contributed by atoms with Crippen molar-refractivity contribution in [1.82, 2.24) is 0 Å². The minimum absolute atomic E-state index is 0.0648. The lowest BCUT2D eigenvalue weighted by Crippen LogP contribution is -1.92. The molecule has 0 fully saturated rings.